The third kappa shape index (κ3) is 5.14. The summed E-state index contributed by atoms with van der Waals surface area (Å²) in [6, 6.07) is 12.9. The summed E-state index contributed by atoms with van der Waals surface area (Å²) in [6.07, 6.45) is 3.22. The third-order valence-corrected chi connectivity index (χ3v) is 3.56. The summed E-state index contributed by atoms with van der Waals surface area (Å²) in [5.41, 5.74) is 1.60. The molecule has 0 saturated heterocycles. The van der Waals surface area contributed by atoms with Crippen LogP contribution in [0.5, 0.6) is 11.5 Å². The van der Waals surface area contributed by atoms with Crippen LogP contribution < -0.4 is 14.8 Å². The molecule has 2 aromatic rings. The highest BCUT2D eigenvalue weighted by Crippen LogP contribution is 2.28. The minimum atomic E-state index is -0.193. The van der Waals surface area contributed by atoms with Crippen molar-refractivity contribution in [2.45, 2.75) is 6.92 Å². The monoisotopic (exact) mass is 375 g/mol. The zero-order valence-electron chi connectivity index (χ0n) is 13.0. The maximum absolute atomic E-state index is 11.9. The van der Waals surface area contributed by atoms with E-state index in [0.717, 1.165) is 15.7 Å². The summed E-state index contributed by atoms with van der Waals surface area (Å²) < 4.78 is 11.7. The smallest absolute Gasteiger partial charge is 0.248 e. The first-order valence-electron chi connectivity index (χ1n) is 7.18. The topological polar surface area (TPSA) is 47.6 Å². The van der Waals surface area contributed by atoms with Gasteiger partial charge in [-0.25, -0.2) is 0 Å². The lowest BCUT2D eigenvalue weighted by Crippen LogP contribution is -2.07. The van der Waals surface area contributed by atoms with Crippen LogP contribution in [0.15, 0.2) is 53.0 Å². The molecule has 0 atom stereocenters. The van der Waals surface area contributed by atoms with E-state index < -0.39 is 0 Å². The fraction of sp³-hybridized carbons (Fsp3) is 0.167. The van der Waals surface area contributed by atoms with Crippen molar-refractivity contribution in [3.63, 3.8) is 0 Å². The molecule has 0 aliphatic carbocycles. The second-order valence-corrected chi connectivity index (χ2v) is 5.59. The average Bonchev–Trinajstić information content (AvgIpc) is 2.56. The van der Waals surface area contributed by atoms with Crippen LogP contribution in [0.3, 0.4) is 0 Å². The van der Waals surface area contributed by atoms with Gasteiger partial charge in [0.05, 0.1) is 13.7 Å². The first-order chi connectivity index (χ1) is 11.1. The van der Waals surface area contributed by atoms with Gasteiger partial charge in [-0.1, -0.05) is 22.0 Å². The first-order valence-corrected chi connectivity index (χ1v) is 7.97. The molecule has 0 aliphatic heterocycles. The summed E-state index contributed by atoms with van der Waals surface area (Å²) in [5.74, 6) is 1.13. The van der Waals surface area contributed by atoms with Gasteiger partial charge in [0.25, 0.3) is 0 Å². The molecule has 0 aromatic heterocycles. The molecule has 1 amide bonds. The SMILES string of the molecule is CCOc1cc(C=CC(=O)Nc2ccc(Br)cc2)ccc1OC. The molecule has 0 aliphatic rings. The van der Waals surface area contributed by atoms with Gasteiger partial charge in [-0.2, -0.15) is 0 Å². The number of rotatable bonds is 6. The van der Waals surface area contributed by atoms with Crippen molar-refractivity contribution in [1.29, 1.82) is 0 Å². The lowest BCUT2D eigenvalue weighted by atomic mass is 10.2. The molecule has 120 valence electrons. The summed E-state index contributed by atoms with van der Waals surface area (Å²) in [4.78, 5) is 11.9. The van der Waals surface area contributed by atoms with Crippen molar-refractivity contribution in [1.82, 2.24) is 0 Å². The van der Waals surface area contributed by atoms with E-state index in [4.69, 9.17) is 9.47 Å². The molecule has 0 fully saturated rings. The number of nitrogens with one attached hydrogen (secondary N) is 1. The van der Waals surface area contributed by atoms with Gasteiger partial charge < -0.3 is 14.8 Å². The molecular formula is C18H18BrNO3. The van der Waals surface area contributed by atoms with Crippen LogP contribution in [-0.4, -0.2) is 19.6 Å². The molecule has 0 spiro atoms. The highest BCUT2D eigenvalue weighted by atomic mass is 79.9. The fourth-order valence-corrected chi connectivity index (χ4v) is 2.22. The van der Waals surface area contributed by atoms with Crippen LogP contribution in [-0.2, 0) is 4.79 Å². The van der Waals surface area contributed by atoms with Crippen molar-refractivity contribution in [2.75, 3.05) is 19.0 Å². The molecular weight excluding hydrogens is 358 g/mol. The first kappa shape index (κ1) is 17.1. The molecule has 2 rings (SSSR count). The molecule has 5 heteroatoms. The van der Waals surface area contributed by atoms with E-state index in [1.165, 1.54) is 6.08 Å². The Morgan fingerprint density at radius 1 is 1.17 bits per heavy atom. The Labute approximate surface area is 144 Å². The molecule has 0 radical (unpaired) electrons. The van der Waals surface area contributed by atoms with Gasteiger partial charge in [-0.05, 0) is 55.0 Å². The standard InChI is InChI=1S/C18H18BrNO3/c1-3-23-17-12-13(4-10-16(17)22-2)5-11-18(21)20-15-8-6-14(19)7-9-15/h4-12H,3H2,1-2H3,(H,20,21). The molecule has 0 heterocycles. The van der Waals surface area contributed by atoms with E-state index in [1.807, 2.05) is 49.4 Å². The predicted octanol–water partition coefficient (Wildman–Crippen LogP) is 4.51. The average molecular weight is 376 g/mol. The van der Waals surface area contributed by atoms with Crippen molar-refractivity contribution in [2.24, 2.45) is 0 Å². The van der Waals surface area contributed by atoms with Crippen molar-refractivity contribution >= 4 is 33.6 Å². The van der Waals surface area contributed by atoms with Gasteiger partial charge in [0.2, 0.25) is 5.91 Å². The number of amides is 1. The summed E-state index contributed by atoms with van der Waals surface area (Å²) in [5, 5.41) is 2.80. The molecule has 4 nitrogen and oxygen atoms in total. The number of halogens is 1. The van der Waals surface area contributed by atoms with Crippen LogP contribution in [0.1, 0.15) is 12.5 Å². The van der Waals surface area contributed by atoms with E-state index in [2.05, 4.69) is 21.2 Å². The second kappa shape index (κ2) is 8.39. The molecule has 2 aromatic carbocycles. The molecule has 0 saturated carbocycles. The van der Waals surface area contributed by atoms with Gasteiger partial charge in [0.15, 0.2) is 11.5 Å². The zero-order chi connectivity index (χ0) is 16.7. The normalized spacial score (nSPS) is 10.6. The van der Waals surface area contributed by atoms with E-state index in [0.29, 0.717) is 18.1 Å². The Hall–Kier alpha value is -2.27. The fourth-order valence-electron chi connectivity index (χ4n) is 1.95. The number of methoxy groups -OCH3 is 1. The van der Waals surface area contributed by atoms with Crippen LogP contribution in [0, 0.1) is 0 Å². The molecule has 0 bridgehead atoms. The van der Waals surface area contributed by atoms with E-state index in [9.17, 15) is 4.79 Å². The number of hydrogen-bond acceptors (Lipinski definition) is 3. The largest absolute Gasteiger partial charge is 0.493 e. The van der Waals surface area contributed by atoms with Gasteiger partial charge in [0.1, 0.15) is 0 Å². The summed E-state index contributed by atoms with van der Waals surface area (Å²) in [6.45, 7) is 2.46. The highest BCUT2D eigenvalue weighted by Gasteiger charge is 2.04. The number of carbonyl (C=O) groups is 1. The maximum Gasteiger partial charge on any atom is 0.248 e. The number of benzene rings is 2. The van der Waals surface area contributed by atoms with Crippen LogP contribution in [0.4, 0.5) is 5.69 Å². The van der Waals surface area contributed by atoms with Crippen LogP contribution >= 0.6 is 15.9 Å². The van der Waals surface area contributed by atoms with Gasteiger partial charge in [-0.3, -0.25) is 4.79 Å². The second-order valence-electron chi connectivity index (χ2n) is 4.67. The summed E-state index contributed by atoms with van der Waals surface area (Å²) >= 11 is 3.36. The molecule has 1 N–H and O–H groups in total. The number of hydrogen-bond donors (Lipinski definition) is 1. The maximum atomic E-state index is 11.9. The zero-order valence-corrected chi connectivity index (χ0v) is 14.6. The third-order valence-electron chi connectivity index (χ3n) is 3.03. The van der Waals surface area contributed by atoms with Gasteiger partial charge in [-0.15, -0.1) is 0 Å². The van der Waals surface area contributed by atoms with Gasteiger partial charge >= 0.3 is 0 Å². The quantitative estimate of drug-likeness (QED) is 0.755. The Balaban J connectivity index is 2.05. The van der Waals surface area contributed by atoms with E-state index >= 15 is 0 Å². The lowest BCUT2D eigenvalue weighted by molar-refractivity contribution is -0.111. The Morgan fingerprint density at radius 3 is 2.57 bits per heavy atom. The van der Waals surface area contributed by atoms with Crippen molar-refractivity contribution in [3.05, 3.63) is 58.6 Å². The molecule has 23 heavy (non-hydrogen) atoms. The number of ether oxygens (including phenoxy) is 2. The van der Waals surface area contributed by atoms with Crippen molar-refractivity contribution in [3.8, 4) is 11.5 Å². The Bertz CT molecular complexity index is 696. The predicted molar refractivity (Wildman–Crippen MR) is 96.0 cm³/mol. The highest BCUT2D eigenvalue weighted by molar-refractivity contribution is 9.10. The van der Waals surface area contributed by atoms with Crippen LogP contribution in [0.2, 0.25) is 0 Å². The van der Waals surface area contributed by atoms with Crippen LogP contribution in [0.25, 0.3) is 6.08 Å². The number of carbonyl (C=O) groups excluding carboxylic acids is 1. The van der Waals surface area contributed by atoms with E-state index in [-0.39, 0.29) is 5.91 Å². The Morgan fingerprint density at radius 2 is 1.91 bits per heavy atom. The number of anilines is 1. The minimum absolute atomic E-state index is 0.193. The van der Waals surface area contributed by atoms with Crippen molar-refractivity contribution < 1.29 is 14.3 Å². The summed E-state index contributed by atoms with van der Waals surface area (Å²) in [7, 11) is 1.60. The minimum Gasteiger partial charge on any atom is -0.493 e. The molecule has 0 unspecified atom stereocenters. The Kier molecular flexibility index (Phi) is 6.23. The van der Waals surface area contributed by atoms with E-state index in [1.54, 1.807) is 13.2 Å². The lowest BCUT2D eigenvalue weighted by Gasteiger charge is -2.09. The van der Waals surface area contributed by atoms with Gasteiger partial charge in [0, 0.05) is 16.2 Å².